The van der Waals surface area contributed by atoms with E-state index in [1.807, 2.05) is 0 Å². The molecule has 1 aliphatic carbocycles. The Labute approximate surface area is 103 Å². The van der Waals surface area contributed by atoms with Gasteiger partial charge >= 0.3 is 0 Å². The van der Waals surface area contributed by atoms with Crippen LogP contribution in [0.4, 0.5) is 0 Å². The molecule has 1 aliphatic rings. The molecule has 0 aromatic rings. The number of rotatable bonds is 5. The number of hydrogen-bond acceptors (Lipinski definition) is 3. The van der Waals surface area contributed by atoms with Crippen LogP contribution in [0.2, 0.25) is 0 Å². The maximum absolute atomic E-state index is 11.9. The van der Waals surface area contributed by atoms with Gasteiger partial charge in [0.25, 0.3) is 0 Å². The van der Waals surface area contributed by atoms with Crippen LogP contribution in [0.15, 0.2) is 0 Å². The molecule has 0 bridgehead atoms. The zero-order chi connectivity index (χ0) is 12.8. The van der Waals surface area contributed by atoms with Crippen molar-refractivity contribution in [3.05, 3.63) is 0 Å². The van der Waals surface area contributed by atoms with E-state index in [2.05, 4.69) is 5.32 Å². The van der Waals surface area contributed by atoms with Crippen LogP contribution in [0.25, 0.3) is 0 Å². The van der Waals surface area contributed by atoms with Crippen LogP contribution in [-0.4, -0.2) is 43.9 Å². The van der Waals surface area contributed by atoms with Gasteiger partial charge in [-0.25, -0.2) is 0 Å². The molecular formula is C12H23N3O2. The summed E-state index contributed by atoms with van der Waals surface area (Å²) in [6.45, 7) is 0.998. The average Bonchev–Trinajstić information content (AvgIpc) is 2.76. The van der Waals surface area contributed by atoms with Crippen molar-refractivity contribution in [3.8, 4) is 0 Å². The van der Waals surface area contributed by atoms with Crippen molar-refractivity contribution in [1.29, 1.82) is 0 Å². The fourth-order valence-electron chi connectivity index (χ4n) is 2.31. The first-order chi connectivity index (χ1) is 8.06. The molecule has 1 rings (SSSR count). The van der Waals surface area contributed by atoms with Crippen LogP contribution in [0, 0.1) is 11.8 Å². The molecule has 0 aliphatic heterocycles. The highest BCUT2D eigenvalue weighted by Crippen LogP contribution is 2.30. The Balaban J connectivity index is 2.27. The summed E-state index contributed by atoms with van der Waals surface area (Å²) >= 11 is 0. The predicted molar refractivity (Wildman–Crippen MR) is 66.2 cm³/mol. The van der Waals surface area contributed by atoms with E-state index in [4.69, 9.17) is 5.73 Å². The first kappa shape index (κ1) is 14.0. The number of nitrogens with one attached hydrogen (secondary N) is 1. The minimum Gasteiger partial charge on any atom is -0.355 e. The highest BCUT2D eigenvalue weighted by Gasteiger charge is 2.31. The zero-order valence-electron chi connectivity index (χ0n) is 10.7. The van der Waals surface area contributed by atoms with E-state index in [9.17, 15) is 9.59 Å². The molecule has 1 fully saturated rings. The molecule has 98 valence electrons. The zero-order valence-corrected chi connectivity index (χ0v) is 10.7. The third-order valence-electron chi connectivity index (χ3n) is 3.44. The molecule has 5 heteroatoms. The normalized spacial score (nSPS) is 23.5. The molecule has 0 aromatic carbocycles. The van der Waals surface area contributed by atoms with Crippen LogP contribution in [0.3, 0.4) is 0 Å². The van der Waals surface area contributed by atoms with Crippen LogP contribution < -0.4 is 11.1 Å². The van der Waals surface area contributed by atoms with Gasteiger partial charge in [-0.05, 0) is 25.3 Å². The highest BCUT2D eigenvalue weighted by molar-refractivity contribution is 5.80. The maximum Gasteiger partial charge on any atom is 0.223 e. The molecule has 3 N–H and O–H groups in total. The number of amides is 2. The van der Waals surface area contributed by atoms with Crippen molar-refractivity contribution >= 4 is 11.8 Å². The number of hydrogen-bond donors (Lipinski definition) is 2. The van der Waals surface area contributed by atoms with Gasteiger partial charge in [0.2, 0.25) is 11.8 Å². The van der Waals surface area contributed by atoms with E-state index < -0.39 is 0 Å². The fourth-order valence-corrected chi connectivity index (χ4v) is 2.31. The second kappa shape index (κ2) is 6.59. The largest absolute Gasteiger partial charge is 0.355 e. The van der Waals surface area contributed by atoms with Crippen molar-refractivity contribution in [2.24, 2.45) is 17.6 Å². The number of carbonyl (C=O) groups excluding carboxylic acids is 2. The fraction of sp³-hybridized carbons (Fsp3) is 0.833. The smallest absolute Gasteiger partial charge is 0.223 e. The maximum atomic E-state index is 11.9. The number of nitrogens with two attached hydrogens (primary N) is 1. The Morgan fingerprint density at radius 3 is 2.65 bits per heavy atom. The molecule has 0 spiro atoms. The Bertz CT molecular complexity index is 279. The third kappa shape index (κ3) is 4.00. The lowest BCUT2D eigenvalue weighted by molar-refractivity contribution is -0.129. The van der Waals surface area contributed by atoms with Gasteiger partial charge in [0.05, 0.1) is 0 Å². The molecule has 2 amide bonds. The van der Waals surface area contributed by atoms with Gasteiger partial charge < -0.3 is 16.0 Å². The highest BCUT2D eigenvalue weighted by atomic mass is 16.2. The Hall–Kier alpha value is -1.10. The van der Waals surface area contributed by atoms with Crippen molar-refractivity contribution in [2.45, 2.75) is 25.7 Å². The van der Waals surface area contributed by atoms with Crippen molar-refractivity contribution < 1.29 is 9.59 Å². The van der Waals surface area contributed by atoms with E-state index in [0.29, 0.717) is 25.4 Å². The molecule has 1 saturated carbocycles. The summed E-state index contributed by atoms with van der Waals surface area (Å²) in [5.74, 6) is 0.464. The van der Waals surface area contributed by atoms with Gasteiger partial charge in [0.1, 0.15) is 0 Å². The van der Waals surface area contributed by atoms with E-state index in [1.54, 1.807) is 14.1 Å². The summed E-state index contributed by atoms with van der Waals surface area (Å²) in [7, 11) is 3.43. The van der Waals surface area contributed by atoms with Crippen LogP contribution >= 0.6 is 0 Å². The first-order valence-corrected chi connectivity index (χ1v) is 6.24. The number of carbonyl (C=O) groups is 2. The molecule has 0 heterocycles. The lowest BCUT2D eigenvalue weighted by atomic mass is 9.95. The van der Waals surface area contributed by atoms with E-state index in [0.717, 1.165) is 19.3 Å². The second-order valence-corrected chi connectivity index (χ2v) is 4.86. The van der Waals surface area contributed by atoms with E-state index >= 15 is 0 Å². The summed E-state index contributed by atoms with van der Waals surface area (Å²) in [5.41, 5.74) is 5.64. The molecular weight excluding hydrogens is 218 g/mol. The Morgan fingerprint density at radius 2 is 2.06 bits per heavy atom. The van der Waals surface area contributed by atoms with Gasteiger partial charge in [-0.1, -0.05) is 6.42 Å². The second-order valence-electron chi connectivity index (χ2n) is 4.86. The monoisotopic (exact) mass is 241 g/mol. The lowest BCUT2D eigenvalue weighted by Gasteiger charge is -2.17. The van der Waals surface area contributed by atoms with E-state index in [1.165, 1.54) is 4.90 Å². The SMILES string of the molecule is CN(C)C(=O)CCNC(=O)[C@@H]1CCC[C@@H]1CN. The number of nitrogens with zero attached hydrogens (tertiary/aromatic N) is 1. The van der Waals surface area contributed by atoms with Gasteiger partial charge in [-0.3, -0.25) is 9.59 Å². The van der Waals surface area contributed by atoms with Gasteiger partial charge in [-0.2, -0.15) is 0 Å². The minimum absolute atomic E-state index is 0.0343. The van der Waals surface area contributed by atoms with Gasteiger partial charge in [0.15, 0.2) is 0 Å². The van der Waals surface area contributed by atoms with Crippen molar-refractivity contribution in [1.82, 2.24) is 10.2 Å². The molecule has 0 saturated heterocycles. The third-order valence-corrected chi connectivity index (χ3v) is 3.44. The van der Waals surface area contributed by atoms with Crippen LogP contribution in [0.1, 0.15) is 25.7 Å². The average molecular weight is 241 g/mol. The summed E-state index contributed by atoms with van der Waals surface area (Å²) in [6.07, 6.45) is 3.41. The molecule has 17 heavy (non-hydrogen) atoms. The summed E-state index contributed by atoms with van der Waals surface area (Å²) < 4.78 is 0. The van der Waals surface area contributed by atoms with Crippen LogP contribution in [0.5, 0.6) is 0 Å². The minimum atomic E-state index is 0.0343. The summed E-state index contributed by atoms with van der Waals surface area (Å²) in [4.78, 5) is 24.7. The Kier molecular flexibility index (Phi) is 5.41. The lowest BCUT2D eigenvalue weighted by Crippen LogP contribution is -2.37. The topological polar surface area (TPSA) is 75.4 Å². The van der Waals surface area contributed by atoms with Crippen molar-refractivity contribution in [2.75, 3.05) is 27.2 Å². The summed E-state index contributed by atoms with van der Waals surface area (Å²) in [5, 5.41) is 2.83. The van der Waals surface area contributed by atoms with E-state index in [-0.39, 0.29) is 17.7 Å². The molecule has 2 atom stereocenters. The Morgan fingerprint density at radius 1 is 1.35 bits per heavy atom. The quantitative estimate of drug-likeness (QED) is 0.709. The first-order valence-electron chi connectivity index (χ1n) is 6.24. The van der Waals surface area contributed by atoms with Crippen molar-refractivity contribution in [3.63, 3.8) is 0 Å². The van der Waals surface area contributed by atoms with Gasteiger partial charge in [-0.15, -0.1) is 0 Å². The molecule has 0 unspecified atom stereocenters. The summed E-state index contributed by atoms with van der Waals surface area (Å²) in [6, 6.07) is 0. The molecule has 0 radical (unpaired) electrons. The van der Waals surface area contributed by atoms with Crippen LogP contribution in [-0.2, 0) is 9.59 Å². The predicted octanol–water partition coefficient (Wildman–Crippen LogP) is -0.0441. The standard InChI is InChI=1S/C12H23N3O2/c1-15(2)11(16)6-7-14-12(17)10-5-3-4-9(10)8-13/h9-10H,3-8,13H2,1-2H3,(H,14,17)/t9-,10-/m1/s1. The molecule has 0 aromatic heterocycles. The van der Waals surface area contributed by atoms with Gasteiger partial charge in [0, 0.05) is 33.0 Å². The molecule has 5 nitrogen and oxygen atoms in total.